The van der Waals surface area contributed by atoms with Crippen molar-refractivity contribution in [2.75, 3.05) is 26.2 Å². The molecule has 0 amide bonds. The predicted molar refractivity (Wildman–Crippen MR) is 94.7 cm³/mol. The van der Waals surface area contributed by atoms with Gasteiger partial charge in [0.05, 0.1) is 12.5 Å². The van der Waals surface area contributed by atoms with E-state index in [4.69, 9.17) is 15.2 Å². The van der Waals surface area contributed by atoms with Crippen LogP contribution in [0.4, 0.5) is 0 Å². The normalized spacial score (nSPS) is 22.1. The number of carbonyl (C=O) groups is 1. The van der Waals surface area contributed by atoms with Crippen molar-refractivity contribution in [1.82, 2.24) is 4.90 Å². The number of nitrogens with two attached hydrogens (primary N) is 1. The number of para-hydroxylation sites is 1. The van der Waals surface area contributed by atoms with Crippen LogP contribution >= 0.6 is 0 Å². The monoisotopic (exact) mass is 334 g/mol. The lowest BCUT2D eigenvalue weighted by molar-refractivity contribution is -0.139. The maximum absolute atomic E-state index is 12.0. The third-order valence-electron chi connectivity index (χ3n) is 4.40. The molecule has 1 aromatic rings. The second-order valence-electron chi connectivity index (χ2n) is 6.30. The molecule has 2 saturated heterocycles. The minimum absolute atomic E-state index is 0.00276. The molecule has 5 heteroatoms. The van der Waals surface area contributed by atoms with Crippen LogP contribution in [0.25, 0.3) is 0 Å². The van der Waals surface area contributed by atoms with E-state index in [-0.39, 0.29) is 11.9 Å². The van der Waals surface area contributed by atoms with Crippen LogP contribution in [0.1, 0.15) is 39.0 Å². The van der Waals surface area contributed by atoms with E-state index in [9.17, 15) is 4.79 Å². The highest BCUT2D eigenvalue weighted by Crippen LogP contribution is 2.22. The largest absolute Gasteiger partial charge is 0.426 e. The van der Waals surface area contributed by atoms with Crippen LogP contribution in [0.15, 0.2) is 30.3 Å². The molecule has 3 rings (SSSR count). The quantitative estimate of drug-likeness (QED) is 0.343. The molecule has 0 spiro atoms. The summed E-state index contributed by atoms with van der Waals surface area (Å²) in [5.41, 5.74) is 5.45. The van der Waals surface area contributed by atoms with Gasteiger partial charge < -0.3 is 15.2 Å². The summed E-state index contributed by atoms with van der Waals surface area (Å²) in [5, 5.41) is 0. The van der Waals surface area contributed by atoms with Gasteiger partial charge in [0.1, 0.15) is 12.0 Å². The molecule has 5 nitrogen and oxygen atoms in total. The van der Waals surface area contributed by atoms with E-state index in [1.54, 1.807) is 12.1 Å². The first-order valence-corrected chi connectivity index (χ1v) is 9.07. The molecule has 2 N–H and O–H groups in total. The standard InChI is InChI=1S/C15H23NO2.C4H7NO/c1-2-13(9-5-4-8-12-16)15(17)18-14-10-6-3-7-11-14;1-2-6-4-3-5(1)4/h3,6-7,10-11,13H,2,4-5,8-9,12,16H2,1H3;4H,1-3H2. The Bertz CT molecular complexity index is 473. The fraction of sp³-hybridized carbons (Fsp3) is 0.632. The molecular weight excluding hydrogens is 304 g/mol. The van der Waals surface area contributed by atoms with Crippen LogP contribution in [0.2, 0.25) is 0 Å². The van der Waals surface area contributed by atoms with Crippen LogP contribution in [0, 0.1) is 5.92 Å². The Morgan fingerprint density at radius 1 is 1.33 bits per heavy atom. The summed E-state index contributed by atoms with van der Waals surface area (Å²) in [5.74, 6) is 0.516. The zero-order valence-corrected chi connectivity index (χ0v) is 14.7. The minimum atomic E-state index is -0.114. The van der Waals surface area contributed by atoms with E-state index in [0.29, 0.717) is 12.0 Å². The van der Waals surface area contributed by atoms with Gasteiger partial charge in [0.15, 0.2) is 0 Å². The summed E-state index contributed by atoms with van der Waals surface area (Å²) in [6.45, 7) is 6.08. The first-order valence-electron chi connectivity index (χ1n) is 9.07. The maximum atomic E-state index is 12.0. The molecule has 134 valence electrons. The van der Waals surface area contributed by atoms with Gasteiger partial charge in [0.2, 0.25) is 0 Å². The van der Waals surface area contributed by atoms with Gasteiger partial charge in [-0.3, -0.25) is 9.69 Å². The number of morpholine rings is 1. The number of benzene rings is 1. The number of unbranched alkanes of at least 4 members (excludes halogenated alkanes) is 2. The lowest BCUT2D eigenvalue weighted by Crippen LogP contribution is -2.20. The van der Waals surface area contributed by atoms with Gasteiger partial charge >= 0.3 is 5.97 Å². The fourth-order valence-electron chi connectivity index (χ4n) is 2.74. The van der Waals surface area contributed by atoms with Crippen molar-refractivity contribution >= 4 is 5.97 Å². The third-order valence-corrected chi connectivity index (χ3v) is 4.40. The molecule has 0 aromatic heterocycles. The van der Waals surface area contributed by atoms with Gasteiger partial charge in [-0.25, -0.2) is 0 Å². The number of carbonyl (C=O) groups excluding carboxylic acids is 1. The van der Waals surface area contributed by atoms with Gasteiger partial charge in [-0.05, 0) is 37.9 Å². The first kappa shape index (κ1) is 18.9. The molecule has 2 heterocycles. The average molecular weight is 334 g/mol. The molecular formula is C19H30N2O3. The number of hydrogen-bond acceptors (Lipinski definition) is 5. The first-order chi connectivity index (χ1) is 11.7. The molecule has 0 bridgehead atoms. The summed E-state index contributed by atoms with van der Waals surface area (Å²) >= 11 is 0. The van der Waals surface area contributed by atoms with Crippen LogP contribution in [0.3, 0.4) is 0 Å². The topological polar surface area (TPSA) is 64.6 Å². The molecule has 24 heavy (non-hydrogen) atoms. The van der Waals surface area contributed by atoms with Crippen molar-refractivity contribution in [3.8, 4) is 5.75 Å². The van der Waals surface area contributed by atoms with Crippen LogP contribution in [-0.4, -0.2) is 43.3 Å². The SMILES string of the molecule is C1CN2CC2O1.CCC(CCCCCN)C(=O)Oc1ccccc1. The highest BCUT2D eigenvalue weighted by atomic mass is 16.5. The predicted octanol–water partition coefficient (Wildman–Crippen LogP) is 2.80. The van der Waals surface area contributed by atoms with E-state index in [1.807, 2.05) is 25.1 Å². The lowest BCUT2D eigenvalue weighted by Gasteiger charge is -2.13. The van der Waals surface area contributed by atoms with E-state index in [0.717, 1.165) is 45.3 Å². The summed E-state index contributed by atoms with van der Waals surface area (Å²) in [6.07, 6.45) is 5.43. The van der Waals surface area contributed by atoms with Crippen molar-refractivity contribution in [2.45, 2.75) is 45.3 Å². The number of fused-ring (bicyclic) bond motifs is 1. The van der Waals surface area contributed by atoms with E-state index in [2.05, 4.69) is 4.90 Å². The summed E-state index contributed by atoms with van der Waals surface area (Å²) in [6, 6.07) is 9.25. The van der Waals surface area contributed by atoms with Gasteiger partial charge in [0.25, 0.3) is 0 Å². The van der Waals surface area contributed by atoms with Crippen LogP contribution in [0.5, 0.6) is 5.75 Å². The Morgan fingerprint density at radius 2 is 2.12 bits per heavy atom. The number of rotatable bonds is 8. The Kier molecular flexibility index (Phi) is 8.22. The van der Waals surface area contributed by atoms with Gasteiger partial charge in [0, 0.05) is 13.1 Å². The second kappa shape index (κ2) is 10.4. The average Bonchev–Trinajstić information content (AvgIpc) is 3.21. The molecule has 3 unspecified atom stereocenters. The third kappa shape index (κ3) is 6.59. The number of nitrogens with zero attached hydrogens (tertiary/aromatic N) is 1. The second-order valence-corrected chi connectivity index (χ2v) is 6.30. The highest BCUT2D eigenvalue weighted by Gasteiger charge is 2.39. The maximum Gasteiger partial charge on any atom is 0.314 e. The zero-order chi connectivity index (χ0) is 17.2. The van der Waals surface area contributed by atoms with E-state index < -0.39 is 0 Å². The smallest absolute Gasteiger partial charge is 0.314 e. The number of ether oxygens (including phenoxy) is 2. The van der Waals surface area contributed by atoms with E-state index in [1.165, 1.54) is 13.1 Å². The molecule has 2 fully saturated rings. The van der Waals surface area contributed by atoms with Crippen molar-refractivity contribution in [2.24, 2.45) is 11.7 Å². The fourth-order valence-corrected chi connectivity index (χ4v) is 2.74. The van der Waals surface area contributed by atoms with Crippen LogP contribution < -0.4 is 10.5 Å². The molecule has 0 radical (unpaired) electrons. The molecule has 1 aromatic carbocycles. The molecule has 0 saturated carbocycles. The Hall–Kier alpha value is -1.43. The highest BCUT2D eigenvalue weighted by molar-refractivity contribution is 5.75. The number of esters is 1. The Balaban J connectivity index is 0.000000282. The number of hydrogen-bond donors (Lipinski definition) is 1. The molecule has 2 aliphatic heterocycles. The molecule has 2 aliphatic rings. The van der Waals surface area contributed by atoms with Gasteiger partial charge in [-0.2, -0.15) is 0 Å². The van der Waals surface area contributed by atoms with E-state index >= 15 is 0 Å². The van der Waals surface area contributed by atoms with Crippen LogP contribution in [-0.2, 0) is 9.53 Å². The van der Waals surface area contributed by atoms with Crippen molar-refractivity contribution in [3.63, 3.8) is 0 Å². The van der Waals surface area contributed by atoms with Gasteiger partial charge in [-0.1, -0.05) is 38.0 Å². The summed E-state index contributed by atoms with van der Waals surface area (Å²) in [4.78, 5) is 14.3. The Labute approximate surface area is 145 Å². The summed E-state index contributed by atoms with van der Waals surface area (Å²) < 4.78 is 10.5. The molecule has 3 atom stereocenters. The molecule has 0 aliphatic carbocycles. The van der Waals surface area contributed by atoms with Crippen molar-refractivity contribution < 1.29 is 14.3 Å². The van der Waals surface area contributed by atoms with Crippen molar-refractivity contribution in [1.29, 1.82) is 0 Å². The van der Waals surface area contributed by atoms with Gasteiger partial charge in [-0.15, -0.1) is 0 Å². The Morgan fingerprint density at radius 3 is 2.62 bits per heavy atom. The lowest BCUT2D eigenvalue weighted by atomic mass is 9.99. The zero-order valence-electron chi connectivity index (χ0n) is 14.7. The minimum Gasteiger partial charge on any atom is -0.426 e. The van der Waals surface area contributed by atoms with Crippen molar-refractivity contribution in [3.05, 3.63) is 30.3 Å². The summed E-state index contributed by atoms with van der Waals surface area (Å²) in [7, 11) is 0.